The van der Waals surface area contributed by atoms with Crippen LogP contribution in [0.25, 0.3) is 0 Å². The zero-order chi connectivity index (χ0) is 17.5. The molecule has 0 aromatic rings. The Hall–Kier alpha value is -0.0800. The van der Waals surface area contributed by atoms with Crippen LogP contribution in [0.4, 0.5) is 0 Å². The van der Waals surface area contributed by atoms with E-state index in [1.165, 1.54) is 64.8 Å². The molecule has 2 fully saturated rings. The first kappa shape index (κ1) is 21.0. The molecule has 138 valence electrons. The molecule has 2 nitrogen and oxygen atoms in total. The van der Waals surface area contributed by atoms with E-state index in [1.54, 1.807) is 0 Å². The summed E-state index contributed by atoms with van der Waals surface area (Å²) in [5.41, 5.74) is 0.510. The van der Waals surface area contributed by atoms with E-state index in [9.17, 15) is 0 Å². The van der Waals surface area contributed by atoms with E-state index < -0.39 is 0 Å². The predicted molar refractivity (Wildman–Crippen MR) is 104 cm³/mol. The summed E-state index contributed by atoms with van der Waals surface area (Å²) in [6, 6.07) is 0.738. The Morgan fingerprint density at radius 2 is 1.39 bits per heavy atom. The molecule has 2 rings (SSSR count). The van der Waals surface area contributed by atoms with E-state index in [0.29, 0.717) is 5.41 Å². The highest BCUT2D eigenvalue weighted by Crippen LogP contribution is 2.34. The van der Waals surface area contributed by atoms with Gasteiger partial charge in [0, 0.05) is 6.04 Å². The Morgan fingerprint density at radius 3 is 1.83 bits per heavy atom. The highest BCUT2D eigenvalue weighted by Gasteiger charge is 2.29. The fraction of sp³-hybridized carbons (Fsp3) is 1.00. The van der Waals surface area contributed by atoms with Crippen molar-refractivity contribution >= 4 is 0 Å². The molecule has 2 heterocycles. The molecule has 0 aliphatic carbocycles. The third-order valence-electron chi connectivity index (χ3n) is 6.05. The van der Waals surface area contributed by atoms with E-state index >= 15 is 0 Å². The van der Waals surface area contributed by atoms with Gasteiger partial charge in [-0.2, -0.15) is 0 Å². The molecule has 0 aromatic heterocycles. The molecular weight excluding hydrogens is 280 g/mol. The quantitative estimate of drug-likeness (QED) is 0.694. The zero-order valence-electron chi connectivity index (χ0n) is 17.2. The van der Waals surface area contributed by atoms with Crippen LogP contribution in [0, 0.1) is 17.3 Å². The monoisotopic (exact) mass is 324 g/mol. The molecule has 2 aliphatic rings. The van der Waals surface area contributed by atoms with Crippen LogP contribution in [0.5, 0.6) is 0 Å². The van der Waals surface area contributed by atoms with E-state index in [0.717, 1.165) is 17.9 Å². The second-order valence-electron chi connectivity index (χ2n) is 8.84. The number of rotatable bonds is 4. The molecule has 0 aromatic carbocycles. The van der Waals surface area contributed by atoms with Gasteiger partial charge in [0.2, 0.25) is 0 Å². The van der Waals surface area contributed by atoms with Crippen LogP contribution < -0.4 is 0 Å². The fourth-order valence-electron chi connectivity index (χ4n) is 4.15. The molecule has 0 spiro atoms. The maximum Gasteiger partial charge on any atom is 0.00385 e. The Kier molecular flexibility index (Phi) is 9.15. The highest BCUT2D eigenvalue weighted by atomic mass is 15.2. The van der Waals surface area contributed by atoms with Crippen LogP contribution in [0.3, 0.4) is 0 Å². The van der Waals surface area contributed by atoms with Crippen LogP contribution in [0.2, 0.25) is 0 Å². The molecule has 0 bridgehead atoms. The van der Waals surface area contributed by atoms with Crippen molar-refractivity contribution in [1.82, 2.24) is 9.80 Å². The molecule has 0 saturated carbocycles. The van der Waals surface area contributed by atoms with Gasteiger partial charge in [-0.3, -0.25) is 0 Å². The number of piperidine rings is 2. The number of hydrogen-bond donors (Lipinski definition) is 0. The van der Waals surface area contributed by atoms with Crippen molar-refractivity contribution in [3.8, 4) is 0 Å². The average Bonchev–Trinajstić information content (AvgIpc) is 2.55. The first-order valence-corrected chi connectivity index (χ1v) is 10.3. The van der Waals surface area contributed by atoms with E-state index in [4.69, 9.17) is 0 Å². The summed E-state index contributed by atoms with van der Waals surface area (Å²) in [7, 11) is 0. The lowest BCUT2D eigenvalue weighted by Gasteiger charge is -2.40. The summed E-state index contributed by atoms with van der Waals surface area (Å²) in [4.78, 5) is 5.38. The highest BCUT2D eigenvalue weighted by molar-refractivity contribution is 4.81. The minimum absolute atomic E-state index is 0.510. The van der Waals surface area contributed by atoms with Gasteiger partial charge in [0.15, 0.2) is 0 Å². The molecular formula is C21H44N2. The molecule has 0 radical (unpaired) electrons. The van der Waals surface area contributed by atoms with Gasteiger partial charge >= 0.3 is 0 Å². The topological polar surface area (TPSA) is 6.48 Å². The molecule has 2 heteroatoms. The largest absolute Gasteiger partial charge is 0.303 e. The summed E-state index contributed by atoms with van der Waals surface area (Å²) in [5, 5.41) is 0. The first-order chi connectivity index (χ1) is 10.9. The summed E-state index contributed by atoms with van der Waals surface area (Å²) >= 11 is 0. The van der Waals surface area contributed by atoms with E-state index in [-0.39, 0.29) is 0 Å². The van der Waals surface area contributed by atoms with Crippen LogP contribution in [0.15, 0.2) is 0 Å². The second-order valence-corrected chi connectivity index (χ2v) is 8.84. The van der Waals surface area contributed by atoms with Crippen molar-refractivity contribution in [3.63, 3.8) is 0 Å². The SMILES string of the molecule is CC.CC(C)N1CCC(CCN2CCC(C(C)(C)C)CC2)CC1. The van der Waals surface area contributed by atoms with Gasteiger partial charge in [-0.05, 0) is 95.9 Å². The van der Waals surface area contributed by atoms with Gasteiger partial charge in [0.1, 0.15) is 0 Å². The van der Waals surface area contributed by atoms with Gasteiger partial charge in [-0.25, -0.2) is 0 Å². The minimum Gasteiger partial charge on any atom is -0.303 e. The first-order valence-electron chi connectivity index (χ1n) is 10.3. The number of hydrogen-bond acceptors (Lipinski definition) is 2. The Balaban J connectivity index is 0.00000127. The molecule has 23 heavy (non-hydrogen) atoms. The minimum atomic E-state index is 0.510. The molecule has 2 aliphatic heterocycles. The maximum absolute atomic E-state index is 2.73. The van der Waals surface area contributed by atoms with Gasteiger partial charge in [0.05, 0.1) is 0 Å². The van der Waals surface area contributed by atoms with Crippen LogP contribution in [-0.2, 0) is 0 Å². The van der Waals surface area contributed by atoms with Gasteiger partial charge in [-0.15, -0.1) is 0 Å². The lowest BCUT2D eigenvalue weighted by atomic mass is 9.75. The summed E-state index contributed by atoms with van der Waals surface area (Å²) in [6.07, 6.45) is 7.12. The lowest BCUT2D eigenvalue weighted by molar-refractivity contribution is 0.0977. The predicted octanol–water partition coefficient (Wildman–Crippen LogP) is 5.28. The van der Waals surface area contributed by atoms with Gasteiger partial charge < -0.3 is 9.80 Å². The average molecular weight is 325 g/mol. The zero-order valence-corrected chi connectivity index (χ0v) is 17.2. The Bertz CT molecular complexity index is 289. The number of nitrogens with zero attached hydrogens (tertiary/aromatic N) is 2. The van der Waals surface area contributed by atoms with Crippen LogP contribution in [-0.4, -0.2) is 48.6 Å². The van der Waals surface area contributed by atoms with Crippen molar-refractivity contribution in [2.45, 2.75) is 86.6 Å². The van der Waals surface area contributed by atoms with Crippen molar-refractivity contribution in [1.29, 1.82) is 0 Å². The van der Waals surface area contributed by atoms with Crippen molar-refractivity contribution < 1.29 is 0 Å². The Morgan fingerprint density at radius 1 is 0.870 bits per heavy atom. The van der Waals surface area contributed by atoms with E-state index in [1.807, 2.05) is 13.8 Å². The van der Waals surface area contributed by atoms with E-state index in [2.05, 4.69) is 44.4 Å². The summed E-state index contributed by atoms with van der Waals surface area (Å²) in [6.45, 7) is 22.6. The fourth-order valence-corrected chi connectivity index (χ4v) is 4.15. The summed E-state index contributed by atoms with van der Waals surface area (Å²) in [5.74, 6) is 1.92. The molecule has 0 amide bonds. The molecule has 2 saturated heterocycles. The van der Waals surface area contributed by atoms with Crippen molar-refractivity contribution in [2.24, 2.45) is 17.3 Å². The second kappa shape index (κ2) is 10.0. The number of likely N-dealkylation sites (tertiary alicyclic amines) is 2. The third kappa shape index (κ3) is 7.13. The standard InChI is InChI=1S/C19H38N2.C2H6/c1-16(2)21-14-7-17(8-15-21)6-11-20-12-9-18(10-13-20)19(3,4)5;1-2/h16-18H,6-15H2,1-5H3;1-2H3. The van der Waals surface area contributed by atoms with Crippen molar-refractivity contribution in [3.05, 3.63) is 0 Å². The summed E-state index contributed by atoms with van der Waals surface area (Å²) < 4.78 is 0. The Labute approximate surface area is 147 Å². The molecule has 0 unspecified atom stereocenters. The van der Waals surface area contributed by atoms with Gasteiger partial charge in [-0.1, -0.05) is 34.6 Å². The molecule has 0 N–H and O–H groups in total. The lowest BCUT2D eigenvalue weighted by Crippen LogP contribution is -2.41. The maximum atomic E-state index is 2.73. The molecule has 0 atom stereocenters. The van der Waals surface area contributed by atoms with Crippen LogP contribution >= 0.6 is 0 Å². The smallest absolute Gasteiger partial charge is 0.00385 e. The normalized spacial score (nSPS) is 23.0. The van der Waals surface area contributed by atoms with Gasteiger partial charge in [0.25, 0.3) is 0 Å². The van der Waals surface area contributed by atoms with Crippen molar-refractivity contribution in [2.75, 3.05) is 32.7 Å². The third-order valence-corrected chi connectivity index (χ3v) is 6.05. The van der Waals surface area contributed by atoms with Crippen LogP contribution in [0.1, 0.15) is 80.6 Å².